The van der Waals surface area contributed by atoms with Crippen LogP contribution in [0.5, 0.6) is 0 Å². The lowest BCUT2D eigenvalue weighted by molar-refractivity contribution is -0.136. The smallest absolute Gasteiger partial charge is 0.225 e. The van der Waals surface area contributed by atoms with Gasteiger partial charge in [-0.1, -0.05) is 12.8 Å². The average molecular weight is 336 g/mol. The van der Waals surface area contributed by atoms with Gasteiger partial charge >= 0.3 is 0 Å². The molecule has 3 nitrogen and oxygen atoms in total. The molecule has 0 atom stereocenters. The minimum atomic E-state index is 0.309. The van der Waals surface area contributed by atoms with Crippen molar-refractivity contribution in [3.05, 3.63) is 0 Å². The molecule has 92 valence electrons. The molecule has 0 saturated carbocycles. The first kappa shape index (κ1) is 12.6. The largest absolute Gasteiger partial charge is 0.342 e. The zero-order valence-corrected chi connectivity index (χ0v) is 12.0. The van der Waals surface area contributed by atoms with Gasteiger partial charge in [0, 0.05) is 55.0 Å². The van der Waals surface area contributed by atoms with E-state index in [4.69, 9.17) is 0 Å². The summed E-state index contributed by atoms with van der Waals surface area (Å²) in [6, 6.07) is 0. The summed E-state index contributed by atoms with van der Waals surface area (Å²) < 4.78 is 2.30. The minimum absolute atomic E-state index is 0.309. The Hall–Kier alpha value is 0.160. The van der Waals surface area contributed by atoms with Crippen molar-refractivity contribution in [2.75, 3.05) is 26.2 Å². The van der Waals surface area contributed by atoms with Crippen molar-refractivity contribution >= 4 is 28.8 Å². The summed E-state index contributed by atoms with van der Waals surface area (Å²) in [6.07, 6.45) is 7.12. The molecule has 0 N–H and O–H groups in total. The number of hydrogen-bond acceptors (Lipinski definition) is 2. The Bertz CT molecular complexity index is 231. The average Bonchev–Trinajstić information content (AvgIpc) is 2.57. The maximum absolute atomic E-state index is 12.3. The standard InChI is InChI=1S/C12H21IN2O/c13-15-9-5-11(6-10-15)12(16)14-7-3-1-2-4-8-14/h11H,1-10H2. The molecule has 0 unspecified atom stereocenters. The van der Waals surface area contributed by atoms with Crippen LogP contribution < -0.4 is 0 Å². The molecule has 0 aromatic heterocycles. The number of carbonyl (C=O) groups is 1. The van der Waals surface area contributed by atoms with E-state index in [0.29, 0.717) is 11.8 Å². The van der Waals surface area contributed by atoms with Crippen LogP contribution in [0.2, 0.25) is 0 Å². The first-order valence-electron chi connectivity index (χ1n) is 6.47. The second kappa shape index (κ2) is 6.19. The summed E-state index contributed by atoms with van der Waals surface area (Å²) in [5.41, 5.74) is 0. The third-order valence-electron chi connectivity index (χ3n) is 3.71. The van der Waals surface area contributed by atoms with Gasteiger partial charge in [-0.3, -0.25) is 4.79 Å². The topological polar surface area (TPSA) is 23.6 Å². The van der Waals surface area contributed by atoms with Crippen molar-refractivity contribution in [3.8, 4) is 0 Å². The Balaban J connectivity index is 1.85. The molecule has 1 amide bonds. The number of rotatable bonds is 1. The highest BCUT2D eigenvalue weighted by Crippen LogP contribution is 2.23. The van der Waals surface area contributed by atoms with Gasteiger partial charge in [-0.15, -0.1) is 0 Å². The Kier molecular flexibility index (Phi) is 4.88. The lowest BCUT2D eigenvalue weighted by atomic mass is 9.96. The number of amides is 1. The van der Waals surface area contributed by atoms with E-state index in [9.17, 15) is 4.79 Å². The normalized spacial score (nSPS) is 25.4. The van der Waals surface area contributed by atoms with Gasteiger partial charge in [0.2, 0.25) is 5.91 Å². The molecule has 0 aliphatic carbocycles. The van der Waals surface area contributed by atoms with E-state index in [1.807, 2.05) is 0 Å². The maximum atomic E-state index is 12.3. The molecule has 2 rings (SSSR count). The quantitative estimate of drug-likeness (QED) is 0.542. The zero-order chi connectivity index (χ0) is 11.4. The number of carbonyl (C=O) groups excluding carboxylic acids is 1. The fourth-order valence-electron chi connectivity index (χ4n) is 2.64. The molecule has 2 saturated heterocycles. The number of likely N-dealkylation sites (tertiary alicyclic amines) is 1. The highest BCUT2D eigenvalue weighted by Gasteiger charge is 2.27. The van der Waals surface area contributed by atoms with Crippen LogP contribution in [-0.2, 0) is 4.79 Å². The van der Waals surface area contributed by atoms with Gasteiger partial charge < -0.3 is 4.90 Å². The molecule has 2 fully saturated rings. The molecule has 2 heterocycles. The van der Waals surface area contributed by atoms with Gasteiger partial charge in [-0.2, -0.15) is 0 Å². The van der Waals surface area contributed by atoms with Crippen LogP contribution >= 0.6 is 22.9 Å². The predicted molar refractivity (Wildman–Crippen MR) is 73.4 cm³/mol. The molecule has 0 spiro atoms. The van der Waals surface area contributed by atoms with E-state index in [0.717, 1.165) is 39.0 Å². The third-order valence-corrected chi connectivity index (χ3v) is 4.67. The number of piperidine rings is 1. The summed E-state index contributed by atoms with van der Waals surface area (Å²) in [4.78, 5) is 14.4. The van der Waals surface area contributed by atoms with Crippen molar-refractivity contribution < 1.29 is 4.79 Å². The second-order valence-electron chi connectivity index (χ2n) is 4.92. The highest BCUT2D eigenvalue weighted by molar-refractivity contribution is 14.1. The number of halogens is 1. The summed E-state index contributed by atoms with van der Waals surface area (Å²) >= 11 is 2.36. The van der Waals surface area contributed by atoms with Gasteiger partial charge in [0.15, 0.2) is 0 Å². The van der Waals surface area contributed by atoms with E-state index >= 15 is 0 Å². The van der Waals surface area contributed by atoms with Crippen LogP contribution in [-0.4, -0.2) is 40.1 Å². The van der Waals surface area contributed by atoms with Crippen molar-refractivity contribution in [2.24, 2.45) is 5.92 Å². The molecule has 0 radical (unpaired) electrons. The van der Waals surface area contributed by atoms with Crippen LogP contribution in [0.15, 0.2) is 0 Å². The molecule has 0 aromatic carbocycles. The van der Waals surface area contributed by atoms with E-state index in [1.54, 1.807) is 0 Å². The molecule has 0 bridgehead atoms. The van der Waals surface area contributed by atoms with Crippen LogP contribution in [0.25, 0.3) is 0 Å². The van der Waals surface area contributed by atoms with Gasteiger partial charge in [0.25, 0.3) is 0 Å². The fraction of sp³-hybridized carbons (Fsp3) is 0.917. The van der Waals surface area contributed by atoms with Crippen molar-refractivity contribution in [1.29, 1.82) is 0 Å². The lowest BCUT2D eigenvalue weighted by Gasteiger charge is -2.31. The van der Waals surface area contributed by atoms with Crippen molar-refractivity contribution in [3.63, 3.8) is 0 Å². The van der Waals surface area contributed by atoms with Crippen molar-refractivity contribution in [1.82, 2.24) is 8.01 Å². The Morgan fingerprint density at radius 2 is 1.50 bits per heavy atom. The number of hydrogen-bond donors (Lipinski definition) is 0. The van der Waals surface area contributed by atoms with Crippen LogP contribution in [0.4, 0.5) is 0 Å². The first-order valence-corrected chi connectivity index (χ1v) is 7.43. The van der Waals surface area contributed by atoms with Crippen LogP contribution in [0.1, 0.15) is 38.5 Å². The molecule has 0 aromatic rings. The molecule has 4 heteroatoms. The van der Waals surface area contributed by atoms with E-state index in [1.165, 1.54) is 25.7 Å². The van der Waals surface area contributed by atoms with E-state index < -0.39 is 0 Å². The summed E-state index contributed by atoms with van der Waals surface area (Å²) in [5.74, 6) is 0.746. The highest BCUT2D eigenvalue weighted by atomic mass is 127. The first-order chi connectivity index (χ1) is 7.77. The van der Waals surface area contributed by atoms with Gasteiger partial charge in [-0.25, -0.2) is 3.11 Å². The summed E-state index contributed by atoms with van der Waals surface area (Å²) in [5, 5.41) is 0. The molecular formula is C12H21IN2O. The van der Waals surface area contributed by atoms with E-state index in [-0.39, 0.29) is 0 Å². The van der Waals surface area contributed by atoms with Crippen molar-refractivity contribution in [2.45, 2.75) is 38.5 Å². The molecular weight excluding hydrogens is 315 g/mol. The maximum Gasteiger partial charge on any atom is 0.225 e. The molecule has 2 aliphatic heterocycles. The third kappa shape index (κ3) is 3.32. The Morgan fingerprint density at radius 3 is 2.06 bits per heavy atom. The van der Waals surface area contributed by atoms with Gasteiger partial charge in [-0.05, 0) is 25.7 Å². The fourth-order valence-corrected chi connectivity index (χ4v) is 3.20. The monoisotopic (exact) mass is 336 g/mol. The minimum Gasteiger partial charge on any atom is -0.342 e. The number of nitrogens with zero attached hydrogens (tertiary/aromatic N) is 2. The van der Waals surface area contributed by atoms with E-state index in [2.05, 4.69) is 30.9 Å². The van der Waals surface area contributed by atoms with Gasteiger partial charge in [0.1, 0.15) is 0 Å². The molecule has 16 heavy (non-hydrogen) atoms. The van der Waals surface area contributed by atoms with Crippen LogP contribution in [0, 0.1) is 5.92 Å². The van der Waals surface area contributed by atoms with Gasteiger partial charge in [0.05, 0.1) is 0 Å². The van der Waals surface area contributed by atoms with Crippen LogP contribution in [0.3, 0.4) is 0 Å². The second-order valence-corrected chi connectivity index (χ2v) is 6.29. The summed E-state index contributed by atoms with van der Waals surface area (Å²) in [6.45, 7) is 4.15. The Labute approximate surface area is 112 Å². The predicted octanol–water partition coefficient (Wildman–Crippen LogP) is 2.45. The molecule has 2 aliphatic rings. The SMILES string of the molecule is O=C(C1CCN(I)CC1)N1CCCCCC1. The lowest BCUT2D eigenvalue weighted by Crippen LogP contribution is -2.40. The zero-order valence-electron chi connectivity index (χ0n) is 9.83. The summed E-state index contributed by atoms with van der Waals surface area (Å²) in [7, 11) is 0. The Morgan fingerprint density at radius 1 is 0.938 bits per heavy atom.